The Hall–Kier alpha value is -1.02. The molecule has 0 bridgehead atoms. The van der Waals surface area contributed by atoms with Gasteiger partial charge in [0.1, 0.15) is 0 Å². The number of nitrogens with zero attached hydrogens (tertiary/aromatic N) is 1. The van der Waals surface area contributed by atoms with Crippen LogP contribution in [0, 0.1) is 18.8 Å². The summed E-state index contributed by atoms with van der Waals surface area (Å²) in [6.07, 6.45) is 0. The highest BCUT2D eigenvalue weighted by Crippen LogP contribution is 2.25. The van der Waals surface area contributed by atoms with Crippen molar-refractivity contribution in [3.63, 3.8) is 0 Å². The smallest absolute Gasteiger partial charge is 0.0359 e. The molecule has 2 unspecified atom stereocenters. The highest BCUT2D eigenvalue weighted by Gasteiger charge is 2.25. The third-order valence-corrected chi connectivity index (χ3v) is 3.76. The fourth-order valence-electron chi connectivity index (χ4n) is 2.49. The molecule has 1 aliphatic rings. The topological polar surface area (TPSA) is 29.3 Å². The largest absolute Gasteiger partial charge is 0.398 e. The van der Waals surface area contributed by atoms with E-state index in [4.69, 9.17) is 5.73 Å². The maximum Gasteiger partial charge on any atom is 0.0359 e. The summed E-state index contributed by atoms with van der Waals surface area (Å²) < 4.78 is 0. The number of likely N-dealkylation sites (tertiary alicyclic amines) is 1. The summed E-state index contributed by atoms with van der Waals surface area (Å²) in [5.74, 6) is 1.62. The van der Waals surface area contributed by atoms with E-state index in [9.17, 15) is 0 Å². The molecule has 1 saturated heterocycles. The van der Waals surface area contributed by atoms with Crippen molar-refractivity contribution in [3.05, 3.63) is 29.3 Å². The van der Waals surface area contributed by atoms with Crippen molar-refractivity contribution in [3.8, 4) is 0 Å². The van der Waals surface area contributed by atoms with Crippen molar-refractivity contribution in [2.24, 2.45) is 11.8 Å². The maximum atomic E-state index is 6.01. The number of benzene rings is 1. The summed E-state index contributed by atoms with van der Waals surface area (Å²) in [6, 6.07) is 6.31. The van der Waals surface area contributed by atoms with Crippen LogP contribution in [0.1, 0.15) is 25.0 Å². The molecular formula is C14H22N2. The van der Waals surface area contributed by atoms with E-state index in [1.165, 1.54) is 24.2 Å². The fourth-order valence-corrected chi connectivity index (χ4v) is 2.49. The Kier molecular flexibility index (Phi) is 3.20. The first-order valence-electron chi connectivity index (χ1n) is 6.13. The first kappa shape index (κ1) is 11.5. The van der Waals surface area contributed by atoms with Crippen molar-refractivity contribution in [2.75, 3.05) is 18.8 Å². The quantitative estimate of drug-likeness (QED) is 0.773. The van der Waals surface area contributed by atoms with Crippen LogP contribution < -0.4 is 5.73 Å². The van der Waals surface area contributed by atoms with Gasteiger partial charge in [-0.2, -0.15) is 0 Å². The summed E-state index contributed by atoms with van der Waals surface area (Å²) in [5, 5.41) is 0. The molecule has 0 radical (unpaired) electrons. The van der Waals surface area contributed by atoms with Crippen LogP contribution in [0.15, 0.2) is 18.2 Å². The zero-order valence-electron chi connectivity index (χ0n) is 10.5. The van der Waals surface area contributed by atoms with E-state index in [-0.39, 0.29) is 0 Å². The molecular weight excluding hydrogens is 196 g/mol. The summed E-state index contributed by atoms with van der Waals surface area (Å²) in [5.41, 5.74) is 9.51. The van der Waals surface area contributed by atoms with Gasteiger partial charge in [-0.15, -0.1) is 0 Å². The first-order valence-corrected chi connectivity index (χ1v) is 6.13. The van der Waals surface area contributed by atoms with Crippen LogP contribution in [0.2, 0.25) is 0 Å². The molecule has 0 saturated carbocycles. The average Bonchev–Trinajstić information content (AvgIpc) is 2.52. The number of nitrogen functional groups attached to an aromatic ring is 1. The second-order valence-electron chi connectivity index (χ2n) is 5.35. The minimum absolute atomic E-state index is 0.811. The lowest BCUT2D eigenvalue weighted by Crippen LogP contribution is -2.20. The zero-order valence-corrected chi connectivity index (χ0v) is 10.5. The lowest BCUT2D eigenvalue weighted by molar-refractivity contribution is 0.316. The number of hydrogen-bond acceptors (Lipinski definition) is 2. The molecule has 2 atom stereocenters. The molecule has 1 heterocycles. The van der Waals surface area contributed by atoms with Gasteiger partial charge in [0.05, 0.1) is 0 Å². The highest BCUT2D eigenvalue weighted by atomic mass is 15.1. The van der Waals surface area contributed by atoms with Gasteiger partial charge >= 0.3 is 0 Å². The number of nitrogens with two attached hydrogens (primary N) is 1. The van der Waals surface area contributed by atoms with E-state index < -0.39 is 0 Å². The Labute approximate surface area is 98.4 Å². The van der Waals surface area contributed by atoms with E-state index >= 15 is 0 Å². The number of rotatable bonds is 2. The predicted octanol–water partition coefficient (Wildman–Crippen LogP) is 2.67. The number of aryl methyl sites for hydroxylation is 1. The van der Waals surface area contributed by atoms with Gasteiger partial charge in [-0.1, -0.05) is 31.5 Å². The summed E-state index contributed by atoms with van der Waals surface area (Å²) in [4.78, 5) is 2.51. The van der Waals surface area contributed by atoms with Gasteiger partial charge in [-0.25, -0.2) is 0 Å². The molecule has 1 fully saturated rings. The summed E-state index contributed by atoms with van der Waals surface area (Å²) >= 11 is 0. The molecule has 0 spiro atoms. The van der Waals surface area contributed by atoms with Gasteiger partial charge in [0, 0.05) is 25.3 Å². The van der Waals surface area contributed by atoms with Crippen molar-refractivity contribution < 1.29 is 0 Å². The SMILES string of the molecule is Cc1ccc(N)c(CN2CC(C)C(C)C2)c1. The molecule has 1 aliphatic heterocycles. The number of anilines is 1. The predicted molar refractivity (Wildman–Crippen MR) is 69.2 cm³/mol. The Morgan fingerprint density at radius 1 is 1.25 bits per heavy atom. The summed E-state index contributed by atoms with van der Waals surface area (Å²) in [6.45, 7) is 10.2. The molecule has 88 valence electrons. The van der Waals surface area contributed by atoms with Crippen LogP contribution in [-0.4, -0.2) is 18.0 Å². The van der Waals surface area contributed by atoms with Crippen LogP contribution in [0.5, 0.6) is 0 Å². The van der Waals surface area contributed by atoms with Crippen molar-refractivity contribution in [1.82, 2.24) is 4.90 Å². The van der Waals surface area contributed by atoms with Gasteiger partial charge in [-0.05, 0) is 30.4 Å². The van der Waals surface area contributed by atoms with E-state index in [1.54, 1.807) is 0 Å². The van der Waals surface area contributed by atoms with Crippen LogP contribution >= 0.6 is 0 Å². The zero-order chi connectivity index (χ0) is 11.7. The van der Waals surface area contributed by atoms with E-state index in [2.05, 4.69) is 37.8 Å². The number of hydrogen-bond donors (Lipinski definition) is 1. The van der Waals surface area contributed by atoms with Gasteiger partial charge < -0.3 is 5.73 Å². The molecule has 2 N–H and O–H groups in total. The Morgan fingerprint density at radius 3 is 2.50 bits per heavy atom. The van der Waals surface area contributed by atoms with Crippen LogP contribution in [0.3, 0.4) is 0 Å². The lowest BCUT2D eigenvalue weighted by atomic mass is 10.0. The third-order valence-electron chi connectivity index (χ3n) is 3.76. The van der Waals surface area contributed by atoms with Crippen molar-refractivity contribution in [1.29, 1.82) is 0 Å². The van der Waals surface area contributed by atoms with Crippen molar-refractivity contribution in [2.45, 2.75) is 27.3 Å². The second kappa shape index (κ2) is 4.46. The average molecular weight is 218 g/mol. The van der Waals surface area contributed by atoms with Crippen LogP contribution in [0.25, 0.3) is 0 Å². The lowest BCUT2D eigenvalue weighted by Gasteiger charge is -2.17. The Balaban J connectivity index is 2.07. The van der Waals surface area contributed by atoms with Crippen LogP contribution in [-0.2, 0) is 6.54 Å². The van der Waals surface area contributed by atoms with E-state index in [1.807, 2.05) is 6.07 Å². The third kappa shape index (κ3) is 2.38. The molecule has 2 nitrogen and oxygen atoms in total. The second-order valence-corrected chi connectivity index (χ2v) is 5.35. The standard InChI is InChI=1S/C14H22N2/c1-10-4-5-14(15)13(6-10)9-16-7-11(2)12(3)8-16/h4-6,11-12H,7-9,15H2,1-3H3. The van der Waals surface area contributed by atoms with E-state index in [0.29, 0.717) is 0 Å². The van der Waals surface area contributed by atoms with Crippen LogP contribution in [0.4, 0.5) is 5.69 Å². The van der Waals surface area contributed by atoms with Gasteiger partial charge in [0.15, 0.2) is 0 Å². The molecule has 0 aromatic heterocycles. The molecule has 2 rings (SSSR count). The molecule has 1 aromatic rings. The van der Waals surface area contributed by atoms with Crippen molar-refractivity contribution >= 4 is 5.69 Å². The monoisotopic (exact) mass is 218 g/mol. The molecule has 0 amide bonds. The van der Waals surface area contributed by atoms with Gasteiger partial charge in [0.25, 0.3) is 0 Å². The van der Waals surface area contributed by atoms with Gasteiger partial charge in [-0.3, -0.25) is 4.90 Å². The minimum Gasteiger partial charge on any atom is -0.398 e. The fraction of sp³-hybridized carbons (Fsp3) is 0.571. The minimum atomic E-state index is 0.811. The highest BCUT2D eigenvalue weighted by molar-refractivity contribution is 5.48. The normalized spacial score (nSPS) is 26.2. The Morgan fingerprint density at radius 2 is 1.88 bits per heavy atom. The molecule has 0 aliphatic carbocycles. The molecule has 1 aromatic carbocycles. The molecule has 16 heavy (non-hydrogen) atoms. The maximum absolute atomic E-state index is 6.01. The summed E-state index contributed by atoms with van der Waals surface area (Å²) in [7, 11) is 0. The van der Waals surface area contributed by atoms with E-state index in [0.717, 1.165) is 24.1 Å². The first-order chi connectivity index (χ1) is 7.56. The molecule has 2 heteroatoms. The van der Waals surface area contributed by atoms with Gasteiger partial charge in [0.2, 0.25) is 0 Å². The Bertz CT molecular complexity index is 363.